The highest BCUT2D eigenvalue weighted by Gasteiger charge is 2.12. The monoisotopic (exact) mass is 292 g/mol. The Morgan fingerprint density at radius 2 is 1.94 bits per heavy atom. The summed E-state index contributed by atoms with van der Waals surface area (Å²) in [5, 5.41) is 0. The van der Waals surface area contributed by atoms with E-state index in [0.29, 0.717) is 6.54 Å². The lowest BCUT2D eigenvalue weighted by molar-refractivity contribution is 0.209. The molecule has 0 radical (unpaired) electrons. The molecule has 0 amide bonds. The molecule has 1 unspecified atom stereocenters. The number of pyridine rings is 1. The van der Waals surface area contributed by atoms with Gasteiger partial charge >= 0.3 is 0 Å². The summed E-state index contributed by atoms with van der Waals surface area (Å²) in [5.74, 6) is 0.786. The fourth-order valence-corrected chi connectivity index (χ4v) is 1.74. The van der Waals surface area contributed by atoms with Crippen molar-refractivity contribution < 1.29 is 4.74 Å². The molecular formula is C13H13BrN2O. The Morgan fingerprint density at radius 3 is 2.53 bits per heavy atom. The topological polar surface area (TPSA) is 48.1 Å². The molecule has 1 atom stereocenters. The Hall–Kier alpha value is -1.39. The van der Waals surface area contributed by atoms with E-state index < -0.39 is 0 Å². The van der Waals surface area contributed by atoms with Gasteiger partial charge in [0.15, 0.2) is 6.10 Å². The molecule has 1 aromatic heterocycles. The van der Waals surface area contributed by atoms with Crippen molar-refractivity contribution in [2.24, 2.45) is 5.73 Å². The van der Waals surface area contributed by atoms with Gasteiger partial charge in [0, 0.05) is 17.2 Å². The Kier molecular flexibility index (Phi) is 4.12. The highest BCUT2D eigenvalue weighted by Crippen LogP contribution is 2.21. The summed E-state index contributed by atoms with van der Waals surface area (Å²) in [6.07, 6.45) is 1.53. The molecule has 3 nitrogen and oxygen atoms in total. The maximum atomic E-state index is 5.80. The molecule has 0 aliphatic rings. The zero-order valence-corrected chi connectivity index (χ0v) is 10.8. The second-order valence-corrected chi connectivity index (χ2v) is 4.47. The number of ether oxygens (including phenoxy) is 1. The maximum Gasteiger partial charge on any atom is 0.153 e. The number of benzene rings is 1. The molecule has 0 aliphatic heterocycles. The van der Waals surface area contributed by atoms with E-state index in [1.54, 1.807) is 6.20 Å². The number of nitrogens with zero attached hydrogens (tertiary/aromatic N) is 1. The minimum atomic E-state index is -0.211. The maximum absolute atomic E-state index is 5.80. The minimum absolute atomic E-state index is 0.211. The van der Waals surface area contributed by atoms with Crippen LogP contribution in [0.1, 0.15) is 11.8 Å². The van der Waals surface area contributed by atoms with Crippen LogP contribution in [0.4, 0.5) is 0 Å². The van der Waals surface area contributed by atoms with Gasteiger partial charge in [0.25, 0.3) is 0 Å². The first kappa shape index (κ1) is 12.1. The molecule has 1 aromatic carbocycles. The fraction of sp³-hybridized carbons (Fsp3) is 0.154. The van der Waals surface area contributed by atoms with Gasteiger partial charge in [-0.3, -0.25) is 4.98 Å². The van der Waals surface area contributed by atoms with Crippen molar-refractivity contribution in [1.82, 2.24) is 4.98 Å². The van der Waals surface area contributed by atoms with Gasteiger partial charge in [0.1, 0.15) is 5.75 Å². The van der Waals surface area contributed by atoms with E-state index in [9.17, 15) is 0 Å². The van der Waals surface area contributed by atoms with Crippen molar-refractivity contribution in [2.45, 2.75) is 6.10 Å². The normalized spacial score (nSPS) is 12.1. The van der Waals surface area contributed by atoms with Crippen LogP contribution in [-0.2, 0) is 0 Å². The summed E-state index contributed by atoms with van der Waals surface area (Å²) in [6.45, 7) is 0.396. The third-order valence-electron chi connectivity index (χ3n) is 2.32. The van der Waals surface area contributed by atoms with Crippen LogP contribution in [0.2, 0.25) is 0 Å². The molecule has 88 valence electrons. The van der Waals surface area contributed by atoms with Gasteiger partial charge < -0.3 is 10.5 Å². The van der Waals surface area contributed by atoms with Gasteiger partial charge in [-0.05, 0) is 36.4 Å². The zero-order valence-electron chi connectivity index (χ0n) is 9.21. The number of halogens is 1. The van der Waals surface area contributed by atoms with Crippen LogP contribution in [-0.4, -0.2) is 11.5 Å². The third kappa shape index (κ3) is 3.28. The summed E-state index contributed by atoms with van der Waals surface area (Å²) in [6, 6.07) is 13.4. The van der Waals surface area contributed by atoms with Crippen LogP contribution in [0, 0.1) is 0 Å². The smallest absolute Gasteiger partial charge is 0.153 e. The molecule has 2 rings (SSSR count). The molecule has 0 saturated carbocycles. The third-order valence-corrected chi connectivity index (χ3v) is 2.85. The number of rotatable bonds is 4. The van der Waals surface area contributed by atoms with Gasteiger partial charge in [0.05, 0.1) is 5.69 Å². The van der Waals surface area contributed by atoms with Crippen molar-refractivity contribution in [2.75, 3.05) is 6.54 Å². The summed E-state index contributed by atoms with van der Waals surface area (Å²) in [4.78, 5) is 4.25. The lowest BCUT2D eigenvalue weighted by atomic mass is 10.2. The van der Waals surface area contributed by atoms with Crippen molar-refractivity contribution >= 4 is 15.9 Å². The average Bonchev–Trinajstić information content (AvgIpc) is 2.39. The molecule has 0 saturated heterocycles. The molecule has 2 N–H and O–H groups in total. The van der Waals surface area contributed by atoms with Gasteiger partial charge in [-0.1, -0.05) is 22.0 Å². The highest BCUT2D eigenvalue weighted by atomic mass is 79.9. The second-order valence-electron chi connectivity index (χ2n) is 3.55. The lowest BCUT2D eigenvalue weighted by Crippen LogP contribution is -2.19. The molecule has 0 bridgehead atoms. The largest absolute Gasteiger partial charge is 0.483 e. The van der Waals surface area contributed by atoms with E-state index in [-0.39, 0.29) is 6.10 Å². The van der Waals surface area contributed by atoms with Crippen LogP contribution in [0.25, 0.3) is 0 Å². The Bertz CT molecular complexity index is 459. The van der Waals surface area contributed by atoms with Crippen LogP contribution in [0.15, 0.2) is 53.1 Å². The second kappa shape index (κ2) is 5.80. The molecule has 1 heterocycles. The molecular weight excluding hydrogens is 280 g/mol. The SMILES string of the molecule is NCC(Oc1ccc(Br)cc1)c1ccccn1. The lowest BCUT2D eigenvalue weighted by Gasteiger charge is -2.16. The van der Waals surface area contributed by atoms with Crippen LogP contribution in [0.3, 0.4) is 0 Å². The van der Waals surface area contributed by atoms with Gasteiger partial charge in [-0.25, -0.2) is 0 Å². The molecule has 2 aromatic rings. The summed E-state index contributed by atoms with van der Waals surface area (Å²) in [7, 11) is 0. The number of hydrogen-bond acceptors (Lipinski definition) is 3. The number of hydrogen-bond donors (Lipinski definition) is 1. The van der Waals surface area contributed by atoms with Crippen LogP contribution < -0.4 is 10.5 Å². The predicted molar refractivity (Wildman–Crippen MR) is 70.8 cm³/mol. The molecule has 0 spiro atoms. The van der Waals surface area contributed by atoms with Crippen molar-refractivity contribution in [1.29, 1.82) is 0 Å². The number of nitrogens with two attached hydrogens (primary N) is 1. The van der Waals surface area contributed by atoms with E-state index in [1.807, 2.05) is 42.5 Å². The average molecular weight is 293 g/mol. The molecule has 17 heavy (non-hydrogen) atoms. The first-order valence-corrected chi connectivity index (χ1v) is 6.12. The summed E-state index contributed by atoms with van der Waals surface area (Å²) < 4.78 is 6.82. The van der Waals surface area contributed by atoms with Gasteiger partial charge in [0.2, 0.25) is 0 Å². The highest BCUT2D eigenvalue weighted by molar-refractivity contribution is 9.10. The van der Waals surface area contributed by atoms with E-state index in [4.69, 9.17) is 10.5 Å². The van der Waals surface area contributed by atoms with E-state index in [1.165, 1.54) is 0 Å². The molecule has 4 heteroatoms. The van der Waals surface area contributed by atoms with Crippen molar-refractivity contribution in [3.05, 3.63) is 58.8 Å². The Labute approximate surface area is 109 Å². The van der Waals surface area contributed by atoms with Gasteiger partial charge in [-0.15, -0.1) is 0 Å². The van der Waals surface area contributed by atoms with Gasteiger partial charge in [-0.2, -0.15) is 0 Å². The first-order chi connectivity index (χ1) is 8.29. The fourth-order valence-electron chi connectivity index (χ4n) is 1.47. The summed E-state index contributed by atoms with van der Waals surface area (Å²) in [5.41, 5.74) is 6.55. The standard InChI is InChI=1S/C13H13BrN2O/c14-10-4-6-11(7-5-10)17-13(9-15)12-3-1-2-8-16-12/h1-8,13H,9,15H2. The molecule has 0 fully saturated rings. The first-order valence-electron chi connectivity index (χ1n) is 5.33. The van der Waals surface area contributed by atoms with Crippen molar-refractivity contribution in [3.8, 4) is 5.75 Å². The Morgan fingerprint density at radius 1 is 1.18 bits per heavy atom. The van der Waals surface area contributed by atoms with E-state index in [2.05, 4.69) is 20.9 Å². The minimum Gasteiger partial charge on any atom is -0.483 e. The zero-order chi connectivity index (χ0) is 12.1. The van der Waals surface area contributed by atoms with Crippen LogP contribution >= 0.6 is 15.9 Å². The predicted octanol–water partition coefficient (Wildman–Crippen LogP) is 2.92. The Balaban J connectivity index is 2.13. The molecule has 0 aliphatic carbocycles. The van der Waals surface area contributed by atoms with Crippen LogP contribution in [0.5, 0.6) is 5.75 Å². The van der Waals surface area contributed by atoms with Crippen molar-refractivity contribution in [3.63, 3.8) is 0 Å². The quantitative estimate of drug-likeness (QED) is 0.943. The summed E-state index contributed by atoms with van der Waals surface area (Å²) >= 11 is 3.38. The van der Waals surface area contributed by atoms with E-state index in [0.717, 1.165) is 15.9 Å². The van der Waals surface area contributed by atoms with E-state index >= 15 is 0 Å². The number of aromatic nitrogens is 1.